The van der Waals surface area contributed by atoms with E-state index in [1.165, 1.54) is 6.92 Å². The third-order valence-electron chi connectivity index (χ3n) is 1.53. The molecule has 0 fully saturated rings. The highest BCUT2D eigenvalue weighted by atomic mass is 32.2. The van der Waals surface area contributed by atoms with Gasteiger partial charge in [0.1, 0.15) is 0 Å². The Morgan fingerprint density at radius 1 is 1.19 bits per heavy atom. The van der Waals surface area contributed by atoms with Gasteiger partial charge in [-0.1, -0.05) is 13.8 Å². The molecule has 6 heteroatoms. The van der Waals surface area contributed by atoms with Crippen LogP contribution in [0.2, 0.25) is 0 Å². The lowest BCUT2D eigenvalue weighted by Crippen LogP contribution is -2.10. The van der Waals surface area contributed by atoms with Crippen molar-refractivity contribution in [2.75, 3.05) is 13.2 Å². The van der Waals surface area contributed by atoms with Gasteiger partial charge >= 0.3 is 5.97 Å². The summed E-state index contributed by atoms with van der Waals surface area (Å²) in [5.74, 6) is -0.634. The molecule has 0 N–H and O–H groups in total. The Morgan fingerprint density at radius 2 is 1.75 bits per heavy atom. The van der Waals surface area contributed by atoms with Crippen molar-refractivity contribution in [3.05, 3.63) is 11.0 Å². The van der Waals surface area contributed by atoms with Crippen LogP contribution in [0.5, 0.6) is 0 Å². The fourth-order valence-electron chi connectivity index (χ4n) is 0.807. The van der Waals surface area contributed by atoms with Crippen molar-refractivity contribution >= 4 is 16.1 Å². The quantitative estimate of drug-likeness (QED) is 0.390. The van der Waals surface area contributed by atoms with E-state index in [4.69, 9.17) is 4.74 Å². The van der Waals surface area contributed by atoms with Crippen LogP contribution in [0.15, 0.2) is 11.0 Å². The second kappa shape index (κ2) is 7.40. The van der Waals surface area contributed by atoms with Gasteiger partial charge in [0.15, 0.2) is 0 Å². The van der Waals surface area contributed by atoms with E-state index in [1.54, 1.807) is 6.92 Å². The monoisotopic (exact) mass is 250 g/mol. The lowest BCUT2D eigenvalue weighted by molar-refractivity contribution is -0.138. The van der Waals surface area contributed by atoms with Gasteiger partial charge in [0.25, 0.3) is 10.1 Å². The molecule has 0 aromatic carbocycles. The Bertz CT molecular complexity index is 342. The number of rotatable bonds is 7. The molecule has 0 radical (unpaired) electrons. The molecule has 5 nitrogen and oxygen atoms in total. The number of esters is 1. The average Bonchev–Trinajstić information content (AvgIpc) is 2.22. The predicted octanol–water partition coefficient (Wildman–Crippen LogP) is 1.60. The van der Waals surface area contributed by atoms with Crippen LogP contribution in [-0.4, -0.2) is 27.6 Å². The maximum absolute atomic E-state index is 11.3. The van der Waals surface area contributed by atoms with Crippen LogP contribution < -0.4 is 0 Å². The molecule has 0 aromatic rings. The Kier molecular flexibility index (Phi) is 7.00. The number of hydrogen-bond donors (Lipinski definition) is 0. The molecule has 0 aliphatic rings. The first kappa shape index (κ1) is 15.1. The Labute approximate surface area is 96.6 Å². The zero-order valence-electron chi connectivity index (χ0n) is 9.86. The first-order chi connectivity index (χ1) is 7.43. The minimum absolute atomic E-state index is 0.0181. The number of carbonyl (C=O) groups excluding carboxylic acids is 1. The van der Waals surface area contributed by atoms with Crippen LogP contribution >= 0.6 is 0 Å². The van der Waals surface area contributed by atoms with Gasteiger partial charge in [0, 0.05) is 5.57 Å². The van der Waals surface area contributed by atoms with E-state index in [9.17, 15) is 13.2 Å². The second-order valence-corrected chi connectivity index (χ2v) is 4.71. The van der Waals surface area contributed by atoms with E-state index in [2.05, 4.69) is 4.18 Å². The molecule has 0 spiro atoms. The Hall–Kier alpha value is -0.880. The number of carbonyl (C=O) groups is 1. The molecule has 0 rings (SSSR count). The molecular formula is C10H18O5S. The molecule has 0 atom stereocenters. The van der Waals surface area contributed by atoms with Gasteiger partial charge in [-0.3, -0.25) is 4.18 Å². The van der Waals surface area contributed by atoms with Crippen molar-refractivity contribution in [2.45, 2.75) is 33.6 Å². The summed E-state index contributed by atoms with van der Waals surface area (Å²) in [5.41, 5.74) is 0.0181. The third-order valence-corrected chi connectivity index (χ3v) is 2.67. The average molecular weight is 250 g/mol. The summed E-state index contributed by atoms with van der Waals surface area (Å²) >= 11 is 0. The first-order valence-electron chi connectivity index (χ1n) is 5.17. The van der Waals surface area contributed by atoms with Crippen molar-refractivity contribution in [1.82, 2.24) is 0 Å². The summed E-state index contributed by atoms with van der Waals surface area (Å²) in [4.78, 5) is 11.2. The molecule has 0 amide bonds. The van der Waals surface area contributed by atoms with Gasteiger partial charge in [-0.25, -0.2) is 4.79 Å². The zero-order chi connectivity index (χ0) is 12.6. The molecular weight excluding hydrogens is 232 g/mol. The van der Waals surface area contributed by atoms with E-state index < -0.39 is 16.1 Å². The Balaban J connectivity index is 4.45. The lowest BCUT2D eigenvalue weighted by atomic mass is 10.4. The van der Waals surface area contributed by atoms with Crippen LogP contribution in [-0.2, 0) is 23.8 Å². The van der Waals surface area contributed by atoms with Gasteiger partial charge in [0.2, 0.25) is 0 Å². The van der Waals surface area contributed by atoms with Crippen molar-refractivity contribution in [2.24, 2.45) is 0 Å². The van der Waals surface area contributed by atoms with Gasteiger partial charge in [-0.2, -0.15) is 8.42 Å². The molecule has 0 saturated heterocycles. The molecule has 0 heterocycles. The van der Waals surface area contributed by atoms with Crippen molar-refractivity contribution in [3.63, 3.8) is 0 Å². The van der Waals surface area contributed by atoms with Crippen molar-refractivity contribution < 1.29 is 22.1 Å². The maximum atomic E-state index is 11.3. The molecule has 0 bridgehead atoms. The summed E-state index contributed by atoms with van der Waals surface area (Å²) in [5, 5.41) is 0.792. The highest BCUT2D eigenvalue weighted by Crippen LogP contribution is 2.04. The van der Waals surface area contributed by atoms with E-state index in [0.717, 1.165) is 5.41 Å². The summed E-state index contributed by atoms with van der Waals surface area (Å²) in [7, 11) is -3.78. The summed E-state index contributed by atoms with van der Waals surface area (Å²) in [6, 6.07) is 0. The fourth-order valence-corrected chi connectivity index (χ4v) is 1.80. The fraction of sp³-hybridized carbons (Fsp3) is 0.700. The minimum atomic E-state index is -3.78. The first-order valence-corrected chi connectivity index (χ1v) is 6.65. The molecule has 0 aliphatic heterocycles. The molecule has 94 valence electrons. The van der Waals surface area contributed by atoms with E-state index in [-0.39, 0.29) is 18.8 Å². The van der Waals surface area contributed by atoms with E-state index in [0.29, 0.717) is 12.8 Å². The lowest BCUT2D eigenvalue weighted by Gasteiger charge is -2.03. The summed E-state index contributed by atoms with van der Waals surface area (Å²) < 4.78 is 31.9. The molecule has 0 aliphatic carbocycles. The molecule has 0 unspecified atom stereocenters. The van der Waals surface area contributed by atoms with Crippen LogP contribution in [0, 0.1) is 0 Å². The number of hydrogen-bond acceptors (Lipinski definition) is 5. The summed E-state index contributed by atoms with van der Waals surface area (Å²) in [6.07, 6.45) is 1.28. The smallest absolute Gasteiger partial charge is 0.334 e. The maximum Gasteiger partial charge on any atom is 0.334 e. The standard InChI is InChI=1S/C10H18O5S/c1-4-6-14-10(11)9(3)8-16(12,13)15-7-5-2/h8H,4-7H2,1-3H3. The zero-order valence-corrected chi connectivity index (χ0v) is 10.7. The normalized spacial score (nSPS) is 12.6. The van der Waals surface area contributed by atoms with Gasteiger partial charge < -0.3 is 4.74 Å². The van der Waals surface area contributed by atoms with Gasteiger partial charge in [0.05, 0.1) is 18.6 Å². The third kappa shape index (κ3) is 6.58. The molecule has 0 aromatic heterocycles. The predicted molar refractivity (Wildman–Crippen MR) is 60.2 cm³/mol. The molecule has 0 saturated carbocycles. The van der Waals surface area contributed by atoms with Crippen LogP contribution in [0.4, 0.5) is 0 Å². The van der Waals surface area contributed by atoms with Crippen molar-refractivity contribution in [3.8, 4) is 0 Å². The van der Waals surface area contributed by atoms with Gasteiger partial charge in [-0.15, -0.1) is 0 Å². The second-order valence-electron chi connectivity index (χ2n) is 3.25. The molecule has 16 heavy (non-hydrogen) atoms. The van der Waals surface area contributed by atoms with Gasteiger partial charge in [-0.05, 0) is 19.8 Å². The summed E-state index contributed by atoms with van der Waals surface area (Å²) in [6.45, 7) is 5.41. The van der Waals surface area contributed by atoms with E-state index in [1.807, 2.05) is 6.92 Å². The topological polar surface area (TPSA) is 69.7 Å². The highest BCUT2D eigenvalue weighted by Gasteiger charge is 2.12. The highest BCUT2D eigenvalue weighted by molar-refractivity contribution is 7.89. The van der Waals surface area contributed by atoms with Crippen LogP contribution in [0.25, 0.3) is 0 Å². The van der Waals surface area contributed by atoms with Crippen molar-refractivity contribution in [1.29, 1.82) is 0 Å². The van der Waals surface area contributed by atoms with Crippen LogP contribution in [0.3, 0.4) is 0 Å². The van der Waals surface area contributed by atoms with Crippen LogP contribution in [0.1, 0.15) is 33.6 Å². The largest absolute Gasteiger partial charge is 0.462 e. The number of ether oxygens (including phenoxy) is 1. The van der Waals surface area contributed by atoms with E-state index >= 15 is 0 Å². The Morgan fingerprint density at radius 3 is 2.25 bits per heavy atom. The SMILES string of the molecule is CCCOC(=O)C(C)=CS(=O)(=O)OCCC. The minimum Gasteiger partial charge on any atom is -0.462 e.